The van der Waals surface area contributed by atoms with Crippen LogP contribution in [0.25, 0.3) is 0 Å². The molecule has 0 saturated heterocycles. The summed E-state index contributed by atoms with van der Waals surface area (Å²) >= 11 is 0. The molecule has 0 aliphatic heterocycles. The van der Waals surface area contributed by atoms with E-state index in [0.29, 0.717) is 5.69 Å². The van der Waals surface area contributed by atoms with Gasteiger partial charge in [-0.05, 0) is 19.1 Å². The molecule has 1 aromatic rings. The van der Waals surface area contributed by atoms with Gasteiger partial charge in [-0.15, -0.1) is 0 Å². The van der Waals surface area contributed by atoms with Crippen molar-refractivity contribution < 1.29 is 14.8 Å². The molecule has 1 atom stereocenters. The average Bonchev–Trinajstić information content (AvgIpc) is 2.28. The van der Waals surface area contributed by atoms with Gasteiger partial charge in [-0.3, -0.25) is 10.1 Å². The summed E-state index contributed by atoms with van der Waals surface area (Å²) in [5, 5.41) is 22.0. The zero-order chi connectivity index (χ0) is 13.0. The van der Waals surface area contributed by atoms with Crippen LogP contribution in [0.4, 0.5) is 11.4 Å². The standard InChI is InChI=1S/C11H12N2O4/c1-7(11(14)15)8(2)12-9-3-5-10(6-4-9)13(16)17/h3-6,8,12H,1H2,2H3,(H,14,15)/t8-/m1/s1. The summed E-state index contributed by atoms with van der Waals surface area (Å²) in [5.41, 5.74) is 0.620. The van der Waals surface area contributed by atoms with Crippen molar-refractivity contribution in [3.05, 3.63) is 46.5 Å². The Kier molecular flexibility index (Phi) is 3.82. The number of nitrogens with zero attached hydrogens (tertiary/aromatic N) is 1. The van der Waals surface area contributed by atoms with Gasteiger partial charge >= 0.3 is 5.97 Å². The fraction of sp³-hybridized carbons (Fsp3) is 0.182. The number of hydrogen-bond acceptors (Lipinski definition) is 4. The zero-order valence-corrected chi connectivity index (χ0v) is 9.21. The van der Waals surface area contributed by atoms with E-state index in [-0.39, 0.29) is 11.3 Å². The van der Waals surface area contributed by atoms with Crippen LogP contribution in [0, 0.1) is 10.1 Å². The molecule has 0 bridgehead atoms. The lowest BCUT2D eigenvalue weighted by atomic mass is 10.1. The summed E-state index contributed by atoms with van der Waals surface area (Å²) in [6.07, 6.45) is 0. The Balaban J connectivity index is 2.73. The molecule has 0 amide bonds. The van der Waals surface area contributed by atoms with E-state index in [9.17, 15) is 14.9 Å². The highest BCUT2D eigenvalue weighted by Crippen LogP contribution is 2.17. The lowest BCUT2D eigenvalue weighted by molar-refractivity contribution is -0.384. The van der Waals surface area contributed by atoms with Gasteiger partial charge in [0.1, 0.15) is 0 Å². The third-order valence-corrected chi connectivity index (χ3v) is 2.26. The van der Waals surface area contributed by atoms with Crippen molar-refractivity contribution in [2.75, 3.05) is 5.32 Å². The lowest BCUT2D eigenvalue weighted by Gasteiger charge is -2.14. The first-order valence-electron chi connectivity index (χ1n) is 4.85. The molecule has 6 heteroatoms. The number of hydrogen-bond donors (Lipinski definition) is 2. The first kappa shape index (κ1) is 12.7. The number of carboxylic acid groups (broad SMARTS) is 1. The quantitative estimate of drug-likeness (QED) is 0.463. The largest absolute Gasteiger partial charge is 0.478 e. The maximum atomic E-state index is 10.6. The van der Waals surface area contributed by atoms with Crippen LogP contribution in [-0.2, 0) is 4.79 Å². The van der Waals surface area contributed by atoms with Gasteiger partial charge in [0, 0.05) is 17.8 Å². The van der Waals surface area contributed by atoms with Crippen molar-refractivity contribution in [3.8, 4) is 0 Å². The van der Waals surface area contributed by atoms with Crippen molar-refractivity contribution in [1.82, 2.24) is 0 Å². The molecular weight excluding hydrogens is 224 g/mol. The Hall–Kier alpha value is -2.37. The lowest BCUT2D eigenvalue weighted by Crippen LogP contribution is -2.22. The second-order valence-corrected chi connectivity index (χ2v) is 3.50. The molecule has 0 radical (unpaired) electrons. The monoisotopic (exact) mass is 236 g/mol. The molecule has 1 rings (SSSR count). The van der Waals surface area contributed by atoms with Gasteiger partial charge in [-0.2, -0.15) is 0 Å². The highest BCUT2D eigenvalue weighted by atomic mass is 16.6. The van der Waals surface area contributed by atoms with E-state index in [1.807, 2.05) is 0 Å². The van der Waals surface area contributed by atoms with Crippen LogP contribution in [0.5, 0.6) is 0 Å². The Morgan fingerprint density at radius 1 is 1.47 bits per heavy atom. The van der Waals surface area contributed by atoms with Crippen LogP contribution in [0.2, 0.25) is 0 Å². The Labute approximate surface area is 97.7 Å². The summed E-state index contributed by atoms with van der Waals surface area (Å²) in [5.74, 6) is -1.08. The summed E-state index contributed by atoms with van der Waals surface area (Å²) in [6, 6.07) is 5.28. The predicted octanol–water partition coefficient (Wildman–Crippen LogP) is 2.04. The van der Waals surface area contributed by atoms with Gasteiger partial charge in [0.15, 0.2) is 0 Å². The van der Waals surface area contributed by atoms with Crippen LogP contribution in [0.3, 0.4) is 0 Å². The number of carboxylic acids is 1. The number of benzene rings is 1. The van der Waals surface area contributed by atoms with Crippen LogP contribution in [0.15, 0.2) is 36.4 Å². The fourth-order valence-corrected chi connectivity index (χ4v) is 1.20. The van der Waals surface area contributed by atoms with Gasteiger partial charge in [0.25, 0.3) is 5.69 Å². The number of nitro groups is 1. The zero-order valence-electron chi connectivity index (χ0n) is 9.21. The molecule has 0 unspecified atom stereocenters. The molecule has 2 N–H and O–H groups in total. The van der Waals surface area contributed by atoms with Crippen LogP contribution < -0.4 is 5.32 Å². The number of anilines is 1. The molecule has 0 aliphatic carbocycles. The molecule has 0 saturated carbocycles. The second-order valence-electron chi connectivity index (χ2n) is 3.50. The fourth-order valence-electron chi connectivity index (χ4n) is 1.20. The van der Waals surface area contributed by atoms with E-state index < -0.39 is 16.9 Å². The second kappa shape index (κ2) is 5.11. The summed E-state index contributed by atoms with van der Waals surface area (Å²) < 4.78 is 0. The molecule has 0 heterocycles. The van der Waals surface area contributed by atoms with Gasteiger partial charge in [-0.25, -0.2) is 4.79 Å². The Morgan fingerprint density at radius 3 is 2.41 bits per heavy atom. The van der Waals surface area contributed by atoms with E-state index in [2.05, 4.69) is 11.9 Å². The van der Waals surface area contributed by atoms with Crippen molar-refractivity contribution in [2.24, 2.45) is 0 Å². The minimum Gasteiger partial charge on any atom is -0.478 e. The minimum atomic E-state index is -1.08. The molecule has 0 fully saturated rings. The highest BCUT2D eigenvalue weighted by molar-refractivity contribution is 5.87. The number of rotatable bonds is 5. The number of nitrogens with one attached hydrogen (secondary N) is 1. The van der Waals surface area contributed by atoms with Gasteiger partial charge < -0.3 is 10.4 Å². The van der Waals surface area contributed by atoms with Crippen molar-refractivity contribution in [3.63, 3.8) is 0 Å². The minimum absolute atomic E-state index is 0.0136. The normalized spacial score (nSPS) is 11.6. The number of aliphatic carboxylic acids is 1. The van der Waals surface area contributed by atoms with E-state index >= 15 is 0 Å². The first-order valence-corrected chi connectivity index (χ1v) is 4.85. The number of non-ortho nitro benzene ring substituents is 1. The number of nitro benzene ring substituents is 1. The van der Waals surface area contributed by atoms with E-state index in [1.165, 1.54) is 24.3 Å². The molecule has 0 aromatic heterocycles. The van der Waals surface area contributed by atoms with E-state index in [1.54, 1.807) is 6.92 Å². The van der Waals surface area contributed by atoms with Crippen molar-refractivity contribution in [1.29, 1.82) is 0 Å². The SMILES string of the molecule is C=C(C(=O)O)[C@@H](C)Nc1ccc([N+](=O)[O-])cc1. The van der Waals surface area contributed by atoms with Crippen molar-refractivity contribution >= 4 is 17.3 Å². The third kappa shape index (κ3) is 3.30. The van der Waals surface area contributed by atoms with Crippen LogP contribution in [0.1, 0.15) is 6.92 Å². The molecule has 1 aromatic carbocycles. The third-order valence-electron chi connectivity index (χ3n) is 2.26. The Morgan fingerprint density at radius 2 is 2.00 bits per heavy atom. The molecular formula is C11H12N2O4. The van der Waals surface area contributed by atoms with Gasteiger partial charge in [0.05, 0.1) is 16.5 Å². The molecule has 90 valence electrons. The van der Waals surface area contributed by atoms with Crippen LogP contribution >= 0.6 is 0 Å². The van der Waals surface area contributed by atoms with Gasteiger partial charge in [0.2, 0.25) is 0 Å². The average molecular weight is 236 g/mol. The van der Waals surface area contributed by atoms with E-state index in [0.717, 1.165) is 0 Å². The van der Waals surface area contributed by atoms with Crippen molar-refractivity contribution in [2.45, 2.75) is 13.0 Å². The highest BCUT2D eigenvalue weighted by Gasteiger charge is 2.13. The molecule has 6 nitrogen and oxygen atoms in total. The molecule has 17 heavy (non-hydrogen) atoms. The Bertz CT molecular complexity index is 453. The van der Waals surface area contributed by atoms with Crippen LogP contribution in [-0.4, -0.2) is 22.0 Å². The summed E-state index contributed by atoms with van der Waals surface area (Å²) in [4.78, 5) is 20.6. The first-order chi connectivity index (χ1) is 7.91. The smallest absolute Gasteiger partial charge is 0.333 e. The van der Waals surface area contributed by atoms with Gasteiger partial charge in [-0.1, -0.05) is 6.58 Å². The summed E-state index contributed by atoms with van der Waals surface area (Å²) in [6.45, 7) is 5.08. The number of carbonyl (C=O) groups is 1. The maximum absolute atomic E-state index is 10.6. The molecule has 0 spiro atoms. The maximum Gasteiger partial charge on any atom is 0.333 e. The predicted molar refractivity (Wildman–Crippen MR) is 63.0 cm³/mol. The molecule has 0 aliphatic rings. The summed E-state index contributed by atoms with van der Waals surface area (Å²) in [7, 11) is 0. The topological polar surface area (TPSA) is 92.5 Å². The van der Waals surface area contributed by atoms with E-state index in [4.69, 9.17) is 5.11 Å².